The quantitative estimate of drug-likeness (QED) is 0.839. The molecule has 1 fully saturated rings. The average molecular weight is 368 g/mol. The molecule has 0 saturated carbocycles. The summed E-state index contributed by atoms with van der Waals surface area (Å²) in [7, 11) is 0. The molecule has 1 aliphatic rings. The highest BCUT2D eigenvalue weighted by Crippen LogP contribution is 2.23. The lowest BCUT2D eigenvalue weighted by Crippen LogP contribution is -2.45. The molecule has 1 aliphatic heterocycles. The molecule has 2 aromatic rings. The normalized spacial score (nSPS) is 16.0. The van der Waals surface area contributed by atoms with Crippen molar-refractivity contribution in [1.29, 1.82) is 0 Å². The van der Waals surface area contributed by atoms with Crippen LogP contribution in [0.3, 0.4) is 0 Å². The van der Waals surface area contributed by atoms with E-state index in [0.29, 0.717) is 12.5 Å². The summed E-state index contributed by atoms with van der Waals surface area (Å²) in [5.74, 6) is -0.00702. The topological polar surface area (TPSA) is 66.4 Å². The van der Waals surface area contributed by atoms with Gasteiger partial charge in [0.2, 0.25) is 5.91 Å². The Hall–Kier alpha value is -2.76. The van der Waals surface area contributed by atoms with E-state index in [1.165, 1.54) is 0 Å². The minimum Gasteiger partial charge on any atom is -0.351 e. The number of aromatic nitrogens is 1. The van der Waals surface area contributed by atoms with Crippen LogP contribution in [-0.2, 0) is 4.79 Å². The maximum Gasteiger partial charge on any atom is 0.317 e. The number of nitrogens with one attached hydrogen (secondary N) is 2. The predicted molar refractivity (Wildman–Crippen MR) is 107 cm³/mol. The predicted octanol–water partition coefficient (Wildman–Crippen LogP) is 3.94. The fourth-order valence-electron chi connectivity index (χ4n) is 3.42. The van der Waals surface area contributed by atoms with Crippen LogP contribution in [0.15, 0.2) is 48.8 Å². The fourth-order valence-corrected chi connectivity index (χ4v) is 3.42. The van der Waals surface area contributed by atoms with E-state index in [1.807, 2.05) is 55.1 Å². The van der Waals surface area contributed by atoms with E-state index < -0.39 is 0 Å². The molecule has 0 aliphatic carbocycles. The molecule has 144 valence electrons. The molecule has 0 spiro atoms. The van der Waals surface area contributed by atoms with Crippen LogP contribution in [0.4, 0.5) is 10.5 Å². The number of carbonyl (C=O) groups excluding carboxylic acids is 2. The van der Waals surface area contributed by atoms with Crippen molar-refractivity contribution in [3.8, 4) is 0 Å². The Morgan fingerprint density at radius 2 is 1.74 bits per heavy atom. The summed E-state index contributed by atoms with van der Waals surface area (Å²) in [5.41, 5.74) is 1.79. The van der Waals surface area contributed by atoms with Gasteiger partial charge >= 0.3 is 6.03 Å². The molecule has 0 radical (unpaired) electrons. The van der Waals surface area contributed by atoms with Gasteiger partial charge in [0.1, 0.15) is 0 Å². The molecule has 3 rings (SSSR count). The second kappa shape index (κ2) is 8.75. The van der Waals surface area contributed by atoms with Gasteiger partial charge in [0.15, 0.2) is 0 Å². The Morgan fingerprint density at radius 1 is 1.11 bits per heavy atom. The molecular formula is C21H28N4O2. The highest BCUT2D eigenvalue weighted by atomic mass is 16.2. The minimum atomic E-state index is -0.0874. The zero-order valence-electron chi connectivity index (χ0n) is 16.0. The fraction of sp³-hybridized carbons (Fsp3) is 0.429. The first-order chi connectivity index (χ1) is 13.1. The summed E-state index contributed by atoms with van der Waals surface area (Å²) >= 11 is 0. The molecule has 3 amide bonds. The maximum atomic E-state index is 12.6. The van der Waals surface area contributed by atoms with Crippen molar-refractivity contribution < 1.29 is 9.59 Å². The van der Waals surface area contributed by atoms with Crippen molar-refractivity contribution in [3.63, 3.8) is 0 Å². The number of anilines is 1. The van der Waals surface area contributed by atoms with E-state index in [0.717, 1.165) is 37.2 Å². The Bertz CT molecular complexity index is 747. The summed E-state index contributed by atoms with van der Waals surface area (Å²) in [6.45, 7) is 5.33. The molecule has 2 heterocycles. The number of hydrogen-bond donors (Lipinski definition) is 2. The zero-order chi connectivity index (χ0) is 19.2. The van der Waals surface area contributed by atoms with Gasteiger partial charge in [-0.15, -0.1) is 0 Å². The summed E-state index contributed by atoms with van der Waals surface area (Å²) in [4.78, 5) is 25.9. The average Bonchev–Trinajstić information content (AvgIpc) is 3.23. The molecule has 1 saturated heterocycles. The third-order valence-corrected chi connectivity index (χ3v) is 5.16. The Balaban J connectivity index is 1.49. The van der Waals surface area contributed by atoms with Crippen LogP contribution in [-0.4, -0.2) is 34.5 Å². The van der Waals surface area contributed by atoms with Crippen molar-refractivity contribution in [3.05, 3.63) is 54.4 Å². The number of likely N-dealkylation sites (tertiary alicyclic amines) is 1. The van der Waals surface area contributed by atoms with E-state index >= 15 is 0 Å². The summed E-state index contributed by atoms with van der Waals surface area (Å²) in [6.07, 6.45) is 6.59. The monoisotopic (exact) mass is 368 g/mol. The smallest absolute Gasteiger partial charge is 0.317 e. The van der Waals surface area contributed by atoms with Crippen molar-refractivity contribution >= 4 is 17.6 Å². The van der Waals surface area contributed by atoms with Gasteiger partial charge in [-0.2, -0.15) is 0 Å². The van der Waals surface area contributed by atoms with Gasteiger partial charge in [0, 0.05) is 43.6 Å². The van der Waals surface area contributed by atoms with E-state index in [1.54, 1.807) is 0 Å². The van der Waals surface area contributed by atoms with Crippen molar-refractivity contribution in [1.82, 2.24) is 14.8 Å². The molecule has 0 bridgehead atoms. The summed E-state index contributed by atoms with van der Waals surface area (Å²) < 4.78 is 2.23. The minimum absolute atomic E-state index is 0.00702. The van der Waals surface area contributed by atoms with Gasteiger partial charge < -0.3 is 20.1 Å². The number of urea groups is 1. The Kier molecular flexibility index (Phi) is 6.16. The van der Waals surface area contributed by atoms with Crippen molar-refractivity contribution in [2.75, 3.05) is 18.4 Å². The Labute approximate surface area is 160 Å². The molecule has 6 nitrogen and oxygen atoms in total. The zero-order valence-corrected chi connectivity index (χ0v) is 16.0. The third-order valence-electron chi connectivity index (χ3n) is 5.16. The van der Waals surface area contributed by atoms with Gasteiger partial charge in [-0.3, -0.25) is 4.79 Å². The van der Waals surface area contributed by atoms with Gasteiger partial charge in [0.25, 0.3) is 0 Å². The lowest BCUT2D eigenvalue weighted by atomic mass is 10.0. The standard InChI is InChI=1S/C21H28N4O2/c1-3-20(26)23-18-8-6-17(7-9-18)16(2)22-21(27)25-14-10-19(11-15-25)24-12-4-5-13-24/h4-9,12-13,16,19H,3,10-11,14-15H2,1-2H3,(H,22,27)(H,23,26). The number of piperidine rings is 1. The maximum absolute atomic E-state index is 12.6. The van der Waals surface area contributed by atoms with E-state index in [2.05, 4.69) is 27.6 Å². The van der Waals surface area contributed by atoms with Crippen LogP contribution in [0.25, 0.3) is 0 Å². The third kappa shape index (κ3) is 4.90. The highest BCUT2D eigenvalue weighted by molar-refractivity contribution is 5.90. The SMILES string of the molecule is CCC(=O)Nc1ccc(C(C)NC(=O)N2CCC(n3cccc3)CC2)cc1. The molecule has 2 N–H and O–H groups in total. The van der Waals surface area contributed by atoms with Gasteiger partial charge in [0.05, 0.1) is 6.04 Å². The molecule has 6 heteroatoms. The molecule has 27 heavy (non-hydrogen) atoms. The van der Waals surface area contributed by atoms with Gasteiger partial charge in [-0.1, -0.05) is 19.1 Å². The number of benzene rings is 1. The second-order valence-electron chi connectivity index (χ2n) is 7.04. The lowest BCUT2D eigenvalue weighted by Gasteiger charge is -2.33. The number of rotatable bonds is 5. The van der Waals surface area contributed by atoms with E-state index in [4.69, 9.17) is 0 Å². The summed E-state index contributed by atoms with van der Waals surface area (Å²) in [6, 6.07) is 12.1. The van der Waals surface area contributed by atoms with Crippen molar-refractivity contribution in [2.24, 2.45) is 0 Å². The lowest BCUT2D eigenvalue weighted by molar-refractivity contribution is -0.115. The first-order valence-corrected chi connectivity index (χ1v) is 9.64. The Morgan fingerprint density at radius 3 is 2.33 bits per heavy atom. The second-order valence-corrected chi connectivity index (χ2v) is 7.04. The van der Waals surface area contributed by atoms with E-state index in [9.17, 15) is 9.59 Å². The largest absolute Gasteiger partial charge is 0.351 e. The highest BCUT2D eigenvalue weighted by Gasteiger charge is 2.24. The van der Waals surface area contributed by atoms with Gasteiger partial charge in [-0.25, -0.2) is 4.79 Å². The van der Waals surface area contributed by atoms with E-state index in [-0.39, 0.29) is 18.0 Å². The molecule has 1 aromatic heterocycles. The molecule has 1 aromatic carbocycles. The van der Waals surface area contributed by atoms with Crippen LogP contribution in [0.2, 0.25) is 0 Å². The first kappa shape index (κ1) is 19.0. The molecular weight excluding hydrogens is 340 g/mol. The van der Waals surface area contributed by atoms with Crippen LogP contribution >= 0.6 is 0 Å². The number of hydrogen-bond acceptors (Lipinski definition) is 2. The molecule has 1 unspecified atom stereocenters. The number of amides is 3. The summed E-state index contributed by atoms with van der Waals surface area (Å²) in [5, 5.41) is 5.91. The van der Waals surface area contributed by atoms with Crippen LogP contribution < -0.4 is 10.6 Å². The van der Waals surface area contributed by atoms with Crippen LogP contribution in [0.1, 0.15) is 50.8 Å². The number of carbonyl (C=O) groups is 2. The van der Waals surface area contributed by atoms with Gasteiger partial charge in [-0.05, 0) is 49.6 Å². The van der Waals surface area contributed by atoms with Crippen molar-refractivity contribution in [2.45, 2.75) is 45.2 Å². The molecule has 1 atom stereocenters. The van der Waals surface area contributed by atoms with Crippen LogP contribution in [0, 0.1) is 0 Å². The van der Waals surface area contributed by atoms with Crippen LogP contribution in [0.5, 0.6) is 0 Å². The first-order valence-electron chi connectivity index (χ1n) is 9.64. The number of nitrogens with zero attached hydrogens (tertiary/aromatic N) is 2.